The standard InChI is InChI=1S/C18H16N2.C17H10NS.C16H12N2O.C13H8NO.C12H7F3N.C11H8N.C9H6NS.3C5H8O2.6Ir.Pt/c1-18(2)16-6-4-3-5-14(16)15-8-7-13(11-17(15)18)20-10-9-19-12-20;1-2-8-13-12(6-1)7-5-9-14(13)17-18-15-10-3-4-11-16(15)19-17;1-17-9-10-18(11-17)14-7-4-6-13-12-5-2-3-8-15(12)19-16(13)14;1-2-6-10(7-3-1)13-14-11-8-4-5-9-12(11)15-13;13-12(14,15)10-6-4-9(5-7-10)11-3-1-2-8-16-11;1-2-6-10(7-3-1)11-8-4-5-9-12-11;1-2-6-10-8(4-1)9-5-3-7-11-9;3*1-4(6)3-5(2)7;;;;;;;/h3-6,8-12,19H,1-2H3;1-8,10-11H;2-6,8-11H,1H3;1-6,8-9H;1-4,6-8H;1-6,8-9H;1-4,6-7H;3*3,6H,1-2H3;;;;;;;/q-2;-1;-2;4*-1;;;;;;;;;;. The minimum absolute atomic E-state index is 0. The number of pyridine rings is 3. The molecule has 4 N–H and O–H groups in total. The van der Waals surface area contributed by atoms with E-state index < -0.39 is 11.7 Å². The van der Waals surface area contributed by atoms with Crippen LogP contribution in [0.15, 0.2) is 378 Å². The van der Waals surface area contributed by atoms with E-state index in [2.05, 4.69) is 177 Å². The number of hydrogen-bond acceptors (Lipinski definition) is 19. The summed E-state index contributed by atoms with van der Waals surface area (Å²) in [5.41, 5.74) is 17.5. The zero-order valence-electron chi connectivity index (χ0n) is 76.4. The van der Waals surface area contributed by atoms with Gasteiger partial charge in [0.25, 0.3) is 0 Å². The molecule has 2 aliphatic heterocycles. The van der Waals surface area contributed by atoms with Crippen molar-refractivity contribution in [2.45, 2.75) is 67.0 Å². The van der Waals surface area contributed by atoms with Crippen LogP contribution in [0.1, 0.15) is 72.1 Å². The molecule has 0 amide bonds. The van der Waals surface area contributed by atoms with Crippen LogP contribution in [0, 0.1) is 55.8 Å². The fourth-order valence-electron chi connectivity index (χ4n) is 13.6. The van der Waals surface area contributed by atoms with Gasteiger partial charge in [-0.05, 0) is 156 Å². The first-order valence-electron chi connectivity index (χ1n) is 41.8. The number of oxazole rings is 1. The van der Waals surface area contributed by atoms with Crippen LogP contribution in [0.4, 0.5) is 24.5 Å². The fourth-order valence-corrected chi connectivity index (χ4v) is 15.3. The maximum atomic E-state index is 12.3. The number of aliphatic hydroxyl groups excluding tert-OH is 3. The van der Waals surface area contributed by atoms with Crippen molar-refractivity contribution in [3.63, 3.8) is 0 Å². The van der Waals surface area contributed by atoms with E-state index in [9.17, 15) is 27.6 Å². The number of alkyl halides is 3. The minimum atomic E-state index is -4.32. The summed E-state index contributed by atoms with van der Waals surface area (Å²) >= 11 is 3.38. The van der Waals surface area contributed by atoms with Crippen molar-refractivity contribution in [2.75, 3.05) is 16.8 Å². The fraction of sp³-hybridized carbons (Fsp3) is 0.0991. The molecular weight excluding hydrogens is 3060 g/mol. The number of nitrogens with one attached hydrogen (secondary N) is 1. The Hall–Kier alpha value is -11.3. The molecule has 0 bridgehead atoms. The molecule has 734 valence electrons. The molecule has 21 rings (SSSR count). The number of aromatic nitrogens is 5. The number of thiophene rings is 1. The molecule has 17 nitrogen and oxygen atoms in total. The Balaban J connectivity index is 0.000000278. The number of thiazole rings is 1. The second-order valence-electron chi connectivity index (χ2n) is 30.2. The number of aliphatic hydroxyl groups is 3. The summed E-state index contributed by atoms with van der Waals surface area (Å²) in [6, 6.07) is 113. The van der Waals surface area contributed by atoms with Crippen molar-refractivity contribution in [1.29, 1.82) is 0 Å². The number of halogens is 3. The number of fused-ring (bicyclic) bond motifs is 9. The predicted molar refractivity (Wildman–Crippen MR) is 527 cm³/mol. The Kier molecular flexibility index (Phi) is 50.6. The summed E-state index contributed by atoms with van der Waals surface area (Å²) in [6.45, 7) is 17.1. The molecule has 18 aromatic rings. The van der Waals surface area contributed by atoms with Crippen LogP contribution in [0.2, 0.25) is 0 Å². The van der Waals surface area contributed by atoms with Gasteiger partial charge in [-0.1, -0.05) is 174 Å². The second-order valence-corrected chi connectivity index (χ2v) is 32.1. The van der Waals surface area contributed by atoms with Gasteiger partial charge in [0.2, 0.25) is 0 Å². The molecule has 0 atom stereocenters. The smallest absolute Gasteiger partial charge is 0.381 e. The van der Waals surface area contributed by atoms with Crippen molar-refractivity contribution in [1.82, 2.24) is 35.1 Å². The van der Waals surface area contributed by atoms with Crippen molar-refractivity contribution >= 4 is 105 Å². The number of hydrogen-bond donors (Lipinski definition) is 4. The molecule has 140 heavy (non-hydrogen) atoms. The number of carbonyl (C=O) groups is 3. The third kappa shape index (κ3) is 34.8. The predicted octanol–water partition coefficient (Wildman–Crippen LogP) is 27.6. The molecule has 9 heterocycles. The maximum Gasteiger partial charge on any atom is 0.381 e. The Labute approximate surface area is 916 Å². The monoisotopic (exact) mass is 3150 g/mol. The maximum absolute atomic E-state index is 12.3. The zero-order chi connectivity index (χ0) is 94.2. The van der Waals surface area contributed by atoms with Gasteiger partial charge in [0.05, 0.1) is 28.3 Å². The third-order valence-corrected chi connectivity index (χ3v) is 21.4. The Morgan fingerprint density at radius 1 is 0.479 bits per heavy atom. The van der Waals surface area contributed by atoms with Gasteiger partial charge < -0.3 is 59.1 Å². The molecule has 11 aromatic carbocycles. The van der Waals surface area contributed by atoms with E-state index in [-0.39, 0.29) is 182 Å². The molecule has 3 aliphatic rings. The molecule has 0 saturated heterocycles. The van der Waals surface area contributed by atoms with Gasteiger partial charge in [-0.2, -0.15) is 80.3 Å². The summed E-state index contributed by atoms with van der Waals surface area (Å²) in [7, 11) is 2.00. The Morgan fingerprint density at radius 3 is 1.56 bits per heavy atom. The summed E-state index contributed by atoms with van der Waals surface area (Å²) in [5.74, 6) is 0.435. The van der Waals surface area contributed by atoms with Gasteiger partial charge in [-0.3, -0.25) is 24.4 Å². The number of carbonyl (C=O) groups excluding carboxylic acids is 3. The van der Waals surface area contributed by atoms with Crippen LogP contribution < -0.4 is 15.1 Å². The number of anilines is 2. The molecule has 0 saturated carbocycles. The molecule has 0 unspecified atom stereocenters. The molecule has 6 radical (unpaired) electrons. The van der Waals surface area contributed by atoms with E-state index in [0.29, 0.717) is 17.1 Å². The van der Waals surface area contributed by atoms with Crippen LogP contribution in [-0.2, 0) is 168 Å². The SMILES string of the molecule is CC(=O)C=C(C)O.CC(=O)C=C(C)O.CC(=O)C=C(C)O.CC1(C)c2ccccc2-c2c[c-]c(N3C=CN[CH-]3)cc21.CN1C=CN(c2[c-]ccc3c2oc2ccccc23)[CH-]1.FC(F)(F)c1c[c-]c(-c2ccccn2)cc1.[Ir].[Ir].[Ir].[Ir].[Ir].[Ir].[Pt].[c-]1ccc2ccccc2c1-c1nc2ccccc2s1.[c-]1ccccc1-c1ccccn1.[c-]1ccccc1-c1nc2ccccc2o1.[c-]1ccsc1-c1ccccn1. The first-order valence-corrected chi connectivity index (χ1v) is 43.5. The number of ketones is 3. The van der Waals surface area contributed by atoms with Crippen LogP contribution in [0.25, 0.3) is 120 Å². The van der Waals surface area contributed by atoms with Crippen molar-refractivity contribution in [3.8, 4) is 66.2 Å². The second kappa shape index (κ2) is 59.4. The first kappa shape index (κ1) is 119. The Morgan fingerprint density at radius 2 is 1.03 bits per heavy atom. The van der Waals surface area contributed by atoms with E-state index in [1.807, 2.05) is 218 Å². The number of allylic oxidation sites excluding steroid dienone is 6. The van der Waals surface area contributed by atoms with Crippen molar-refractivity contribution in [3.05, 3.63) is 442 Å². The molecule has 1 aliphatic carbocycles. The van der Waals surface area contributed by atoms with Gasteiger partial charge in [-0.15, -0.1) is 153 Å². The van der Waals surface area contributed by atoms with E-state index in [1.54, 1.807) is 59.5 Å². The first-order chi connectivity index (χ1) is 64.2. The summed E-state index contributed by atoms with van der Waals surface area (Å²) in [5, 5.41) is 35.9. The normalized spacial score (nSPS) is 11.9. The molecule has 29 heteroatoms. The molecule has 0 spiro atoms. The van der Waals surface area contributed by atoms with E-state index in [4.69, 9.17) is 29.1 Å². The van der Waals surface area contributed by atoms with Gasteiger partial charge in [0.15, 0.2) is 17.3 Å². The average molecular weight is 3150 g/mol. The summed E-state index contributed by atoms with van der Waals surface area (Å²) in [6.07, 6.45) is 12.3. The van der Waals surface area contributed by atoms with Gasteiger partial charge in [0, 0.05) is 199 Å². The van der Waals surface area contributed by atoms with Gasteiger partial charge in [0.1, 0.15) is 17.1 Å². The minimum Gasteiger partial charge on any atom is -0.521 e. The summed E-state index contributed by atoms with van der Waals surface area (Å²) in [4.78, 5) is 58.8. The van der Waals surface area contributed by atoms with Crippen LogP contribution in [-0.4, -0.2) is 69.5 Å². The quantitative estimate of drug-likeness (QED) is 0.0567. The number of nitrogens with zero attached hydrogens (tertiary/aromatic N) is 8. The number of furan rings is 1. The largest absolute Gasteiger partial charge is 0.521 e. The number of benzene rings is 11. The van der Waals surface area contributed by atoms with Crippen LogP contribution in [0.5, 0.6) is 0 Å². The van der Waals surface area contributed by atoms with E-state index in [0.717, 1.165) is 100 Å². The topological polar surface area (TPSA) is 224 Å². The zero-order valence-corrected chi connectivity index (χ0v) is 94.6. The molecular formula is C111H91F3Ir6N9O8PtS2-9. The summed E-state index contributed by atoms with van der Waals surface area (Å²) < 4.78 is 49.7. The van der Waals surface area contributed by atoms with E-state index >= 15 is 0 Å². The van der Waals surface area contributed by atoms with Crippen molar-refractivity contribution < 1.29 is 193 Å². The van der Waals surface area contributed by atoms with Gasteiger partial charge in [-0.25, -0.2) is 11.3 Å². The number of rotatable bonds is 10. The molecule has 0 fully saturated rings. The van der Waals surface area contributed by atoms with Crippen LogP contribution >= 0.6 is 22.7 Å². The molecule has 7 aromatic heterocycles. The number of para-hydroxylation sites is 4. The van der Waals surface area contributed by atoms with E-state index in [1.165, 1.54) is 104 Å². The van der Waals surface area contributed by atoms with Crippen LogP contribution in [0.3, 0.4) is 0 Å². The Bertz CT molecular complexity index is 6880. The van der Waals surface area contributed by atoms with Gasteiger partial charge >= 0.3 is 6.18 Å². The average Bonchev–Trinajstić information content (AvgIpc) is 1.58. The third-order valence-electron chi connectivity index (χ3n) is 19.5. The van der Waals surface area contributed by atoms with Crippen molar-refractivity contribution in [2.24, 2.45) is 0 Å².